The zero-order valence-electron chi connectivity index (χ0n) is 14.8. The molecule has 4 aliphatic rings. The number of carbonyl (C=O) groups excluding carboxylic acids is 2. The Morgan fingerprint density at radius 3 is 2.12 bits per heavy atom. The van der Waals surface area contributed by atoms with E-state index < -0.39 is 23.9 Å². The van der Waals surface area contributed by atoms with Gasteiger partial charge in [0, 0.05) is 5.54 Å². The Morgan fingerprint density at radius 2 is 1.64 bits per heavy atom. The molecule has 7 heteroatoms. The second-order valence-corrected chi connectivity index (χ2v) is 8.26. The van der Waals surface area contributed by atoms with Gasteiger partial charge in [-0.15, -0.1) is 0 Å². The first kappa shape index (κ1) is 18.2. The minimum absolute atomic E-state index is 0.141. The van der Waals surface area contributed by atoms with Crippen LogP contribution >= 0.6 is 0 Å². The maximum Gasteiger partial charge on any atom is 0.321 e. The van der Waals surface area contributed by atoms with E-state index in [2.05, 4.69) is 16.0 Å². The average Bonchev–Trinajstić information content (AvgIpc) is 2.48. The summed E-state index contributed by atoms with van der Waals surface area (Å²) in [6.07, 6.45) is 8.10. The van der Waals surface area contributed by atoms with E-state index in [-0.39, 0.29) is 12.1 Å². The summed E-state index contributed by atoms with van der Waals surface area (Å²) in [6, 6.07) is -1.21. The Kier molecular flexibility index (Phi) is 5.32. The van der Waals surface area contributed by atoms with Crippen LogP contribution in [0.1, 0.15) is 58.3 Å². The van der Waals surface area contributed by atoms with Gasteiger partial charge in [0.25, 0.3) is 0 Å². The standard InChI is InChI=1S/C18H29N3O4/c1-2-3-14(16(23)24)19-10-15(22)20-17(25)21-18-7-11-4-12(8-18)6-13(5-11)9-18/h11-14,19H,2-10H2,1H3,(H,23,24)(H2,20,21,22,25). The third-order valence-corrected chi connectivity index (χ3v) is 6.05. The lowest BCUT2D eigenvalue weighted by Gasteiger charge is -2.56. The predicted octanol–water partition coefficient (Wildman–Crippen LogP) is 1.62. The average molecular weight is 351 g/mol. The molecule has 4 rings (SSSR count). The van der Waals surface area contributed by atoms with Crippen molar-refractivity contribution in [1.82, 2.24) is 16.0 Å². The molecule has 4 saturated carbocycles. The number of hydrogen-bond acceptors (Lipinski definition) is 4. The van der Waals surface area contributed by atoms with Crippen LogP contribution < -0.4 is 16.0 Å². The molecule has 4 bridgehead atoms. The van der Waals surface area contributed by atoms with Crippen LogP contribution in [0.5, 0.6) is 0 Å². The van der Waals surface area contributed by atoms with E-state index in [0.29, 0.717) is 30.6 Å². The molecule has 1 unspecified atom stereocenters. The summed E-state index contributed by atoms with van der Waals surface area (Å²) in [5.41, 5.74) is -0.141. The number of aliphatic carboxylic acids is 1. The SMILES string of the molecule is CCCC(NCC(=O)NC(=O)NC12CC3CC(CC(C3)C1)C2)C(=O)O. The van der Waals surface area contributed by atoms with Crippen molar-refractivity contribution >= 4 is 17.9 Å². The summed E-state index contributed by atoms with van der Waals surface area (Å²) in [5, 5.41) is 17.2. The number of hydrogen-bond donors (Lipinski definition) is 4. The lowest BCUT2D eigenvalue weighted by Crippen LogP contribution is -2.62. The van der Waals surface area contributed by atoms with Crippen molar-refractivity contribution < 1.29 is 19.5 Å². The fourth-order valence-corrected chi connectivity index (χ4v) is 5.52. The first-order valence-electron chi connectivity index (χ1n) is 9.47. The van der Waals surface area contributed by atoms with Crippen molar-refractivity contribution in [2.45, 2.75) is 69.9 Å². The van der Waals surface area contributed by atoms with Crippen LogP contribution in [0.3, 0.4) is 0 Å². The minimum atomic E-state index is -0.979. The summed E-state index contributed by atoms with van der Waals surface area (Å²) < 4.78 is 0. The van der Waals surface area contributed by atoms with Crippen LogP contribution in [-0.4, -0.2) is 41.1 Å². The van der Waals surface area contributed by atoms with Crippen molar-refractivity contribution in [2.24, 2.45) is 17.8 Å². The summed E-state index contributed by atoms with van der Waals surface area (Å²) in [5.74, 6) is 0.676. The van der Waals surface area contributed by atoms with Gasteiger partial charge in [-0.3, -0.25) is 20.2 Å². The summed E-state index contributed by atoms with van der Waals surface area (Å²) in [4.78, 5) is 35.3. The van der Waals surface area contributed by atoms with Crippen LogP contribution in [0, 0.1) is 17.8 Å². The third-order valence-electron chi connectivity index (χ3n) is 6.05. The van der Waals surface area contributed by atoms with E-state index in [1.807, 2.05) is 6.92 Å². The lowest BCUT2D eigenvalue weighted by atomic mass is 9.53. The molecule has 1 atom stereocenters. The fraction of sp³-hybridized carbons (Fsp3) is 0.833. The van der Waals surface area contributed by atoms with E-state index in [9.17, 15) is 14.4 Å². The van der Waals surface area contributed by atoms with Crippen LogP contribution in [0.2, 0.25) is 0 Å². The van der Waals surface area contributed by atoms with Crippen molar-refractivity contribution in [2.75, 3.05) is 6.54 Å². The maximum atomic E-state index is 12.3. The first-order chi connectivity index (χ1) is 11.9. The summed E-state index contributed by atoms with van der Waals surface area (Å²) in [7, 11) is 0. The van der Waals surface area contributed by atoms with Gasteiger partial charge >= 0.3 is 12.0 Å². The summed E-state index contributed by atoms with van der Waals surface area (Å²) in [6.45, 7) is 1.71. The Balaban J connectivity index is 1.46. The molecule has 140 valence electrons. The molecule has 25 heavy (non-hydrogen) atoms. The molecule has 3 amide bonds. The molecule has 4 N–H and O–H groups in total. The van der Waals surface area contributed by atoms with Gasteiger partial charge in [-0.1, -0.05) is 13.3 Å². The highest BCUT2D eigenvalue weighted by molar-refractivity contribution is 5.95. The lowest BCUT2D eigenvalue weighted by molar-refractivity contribution is -0.139. The quantitative estimate of drug-likeness (QED) is 0.557. The van der Waals surface area contributed by atoms with Crippen LogP contribution in [0.25, 0.3) is 0 Å². The highest BCUT2D eigenvalue weighted by atomic mass is 16.4. The number of rotatable bonds is 7. The summed E-state index contributed by atoms with van der Waals surface area (Å²) >= 11 is 0. The van der Waals surface area contributed by atoms with Gasteiger partial charge < -0.3 is 10.4 Å². The van der Waals surface area contributed by atoms with Gasteiger partial charge in [-0.25, -0.2) is 4.79 Å². The molecule has 0 saturated heterocycles. The number of carbonyl (C=O) groups is 3. The monoisotopic (exact) mass is 351 g/mol. The molecule has 0 aliphatic heterocycles. The molecule has 0 radical (unpaired) electrons. The zero-order valence-corrected chi connectivity index (χ0v) is 14.8. The number of urea groups is 1. The Bertz CT molecular complexity index is 513. The van der Waals surface area contributed by atoms with Crippen molar-refractivity contribution in [1.29, 1.82) is 0 Å². The topological polar surface area (TPSA) is 108 Å². The molecular weight excluding hydrogens is 322 g/mol. The first-order valence-corrected chi connectivity index (χ1v) is 9.47. The fourth-order valence-electron chi connectivity index (χ4n) is 5.52. The molecule has 0 spiro atoms. The van der Waals surface area contributed by atoms with Gasteiger partial charge in [0.2, 0.25) is 5.91 Å². The minimum Gasteiger partial charge on any atom is -0.480 e. The van der Waals surface area contributed by atoms with Crippen molar-refractivity contribution in [3.63, 3.8) is 0 Å². The maximum absolute atomic E-state index is 12.3. The second-order valence-electron chi connectivity index (χ2n) is 8.26. The van der Waals surface area contributed by atoms with Crippen LogP contribution in [0.4, 0.5) is 4.79 Å². The van der Waals surface area contributed by atoms with E-state index in [1.165, 1.54) is 19.3 Å². The second kappa shape index (κ2) is 7.32. The molecule has 0 aromatic heterocycles. The number of nitrogens with one attached hydrogen (secondary N) is 3. The Hall–Kier alpha value is -1.63. The molecule has 4 aliphatic carbocycles. The molecule has 4 fully saturated rings. The van der Waals surface area contributed by atoms with E-state index in [1.54, 1.807) is 0 Å². The molecular formula is C18H29N3O4. The van der Waals surface area contributed by atoms with Gasteiger partial charge in [0.15, 0.2) is 0 Å². The van der Waals surface area contributed by atoms with E-state index >= 15 is 0 Å². The van der Waals surface area contributed by atoms with Crippen LogP contribution in [-0.2, 0) is 9.59 Å². The number of amides is 3. The van der Waals surface area contributed by atoms with Gasteiger partial charge in [0.05, 0.1) is 6.54 Å². The molecule has 0 aromatic carbocycles. The number of carboxylic acids is 1. The molecule has 0 heterocycles. The Labute approximate surface area is 148 Å². The third kappa shape index (κ3) is 4.32. The van der Waals surface area contributed by atoms with Gasteiger partial charge in [0.1, 0.15) is 6.04 Å². The van der Waals surface area contributed by atoms with Crippen LogP contribution in [0.15, 0.2) is 0 Å². The highest BCUT2D eigenvalue weighted by Gasteiger charge is 2.51. The Morgan fingerprint density at radius 1 is 1.08 bits per heavy atom. The van der Waals surface area contributed by atoms with Gasteiger partial charge in [-0.05, 0) is 62.7 Å². The smallest absolute Gasteiger partial charge is 0.321 e. The van der Waals surface area contributed by atoms with E-state index in [0.717, 1.165) is 19.3 Å². The predicted molar refractivity (Wildman–Crippen MR) is 91.9 cm³/mol. The zero-order chi connectivity index (χ0) is 18.0. The van der Waals surface area contributed by atoms with Crippen molar-refractivity contribution in [3.05, 3.63) is 0 Å². The number of carboxylic acid groups (broad SMARTS) is 1. The van der Waals surface area contributed by atoms with E-state index in [4.69, 9.17) is 5.11 Å². The highest BCUT2D eigenvalue weighted by Crippen LogP contribution is 2.55. The van der Waals surface area contributed by atoms with Crippen molar-refractivity contribution in [3.8, 4) is 0 Å². The normalized spacial score (nSPS) is 33.7. The molecule has 0 aromatic rings. The molecule has 7 nitrogen and oxygen atoms in total. The number of imide groups is 1. The largest absolute Gasteiger partial charge is 0.480 e. The van der Waals surface area contributed by atoms with Gasteiger partial charge in [-0.2, -0.15) is 0 Å².